The first-order valence-electron chi connectivity index (χ1n) is 15.8. The lowest BCUT2D eigenvalue weighted by atomic mass is 10.2. The van der Waals surface area contributed by atoms with E-state index in [0.717, 1.165) is 0 Å². The lowest BCUT2D eigenvalue weighted by Gasteiger charge is -2.24. The lowest BCUT2D eigenvalue weighted by molar-refractivity contribution is -0.0275. The van der Waals surface area contributed by atoms with Crippen LogP contribution in [0, 0.1) is 0 Å². The van der Waals surface area contributed by atoms with Gasteiger partial charge in [0, 0.05) is 13.6 Å². The summed E-state index contributed by atoms with van der Waals surface area (Å²) >= 11 is 0. The van der Waals surface area contributed by atoms with Crippen molar-refractivity contribution in [2.45, 2.75) is 26.4 Å². The maximum atomic E-state index is 11.8. The smallest absolute Gasteiger partial charge is 0.410 e. The van der Waals surface area contributed by atoms with Crippen LogP contribution in [0.3, 0.4) is 0 Å². The van der Waals surface area contributed by atoms with Crippen LogP contribution in [0.2, 0.25) is 0 Å². The minimum atomic E-state index is -0.509. The van der Waals surface area contributed by atoms with E-state index in [0.29, 0.717) is 152 Å². The first-order valence-corrected chi connectivity index (χ1v) is 15.8. The monoisotopic (exact) mass is 655 g/mol. The average molecular weight is 656 g/mol. The fraction of sp³-hybridized carbons (Fsp3) is 0.903. The molecule has 0 radical (unpaired) electrons. The van der Waals surface area contributed by atoms with Gasteiger partial charge in [-0.05, 0) is 20.8 Å². The molecule has 0 unspecified atom stereocenters. The Kier molecular flexibility index (Phi) is 32.8. The van der Waals surface area contributed by atoms with E-state index < -0.39 is 5.60 Å². The summed E-state index contributed by atoms with van der Waals surface area (Å²) in [5.74, 6) is 0. The molecule has 0 bridgehead atoms. The first-order chi connectivity index (χ1) is 21.9. The summed E-state index contributed by atoms with van der Waals surface area (Å²) < 4.78 is 65.0. The van der Waals surface area contributed by atoms with Gasteiger partial charge >= 0.3 is 6.09 Å². The summed E-state index contributed by atoms with van der Waals surface area (Å²) in [5, 5.41) is 0. The van der Waals surface area contributed by atoms with E-state index in [1.807, 2.05) is 20.8 Å². The summed E-state index contributed by atoms with van der Waals surface area (Å²) in [4.78, 5) is 13.3. The number of carbonyl (C=O) groups excluding carboxylic acids is 1. The highest BCUT2D eigenvalue weighted by Gasteiger charge is 2.19. The van der Waals surface area contributed by atoms with Crippen molar-refractivity contribution in [1.29, 1.82) is 0 Å². The van der Waals surface area contributed by atoms with Crippen molar-refractivity contribution in [3.8, 4) is 0 Å². The number of carbonyl (C=O) groups is 1. The molecule has 0 aromatic heterocycles. The van der Waals surface area contributed by atoms with Crippen LogP contribution in [0.25, 0.3) is 0 Å². The zero-order valence-corrected chi connectivity index (χ0v) is 28.3. The normalized spacial score (nSPS) is 11.6. The second-order valence-corrected chi connectivity index (χ2v) is 10.4. The molecule has 0 rings (SSSR count). The van der Waals surface area contributed by atoms with Gasteiger partial charge in [-0.2, -0.15) is 0 Å². The molecule has 0 aromatic rings. The predicted octanol–water partition coefficient (Wildman–Crippen LogP) is 2.22. The summed E-state index contributed by atoms with van der Waals surface area (Å²) in [7, 11) is 1.68. The molecule has 14 heteroatoms. The van der Waals surface area contributed by atoms with E-state index in [-0.39, 0.29) is 6.09 Å². The Morgan fingerprint density at radius 2 is 0.733 bits per heavy atom. The number of hydrogen-bond acceptors (Lipinski definition) is 13. The van der Waals surface area contributed by atoms with Crippen LogP contribution in [-0.2, 0) is 56.8 Å². The maximum Gasteiger partial charge on any atom is 0.410 e. The Balaban J connectivity index is 3.14. The van der Waals surface area contributed by atoms with E-state index in [4.69, 9.17) is 56.8 Å². The largest absolute Gasteiger partial charge is 0.444 e. The van der Waals surface area contributed by atoms with E-state index in [9.17, 15) is 4.79 Å². The highest BCUT2D eigenvalue weighted by atomic mass is 16.6. The third kappa shape index (κ3) is 36.9. The molecule has 0 saturated carbocycles. The minimum absolute atomic E-state index is 0.364. The average Bonchev–Trinajstić information content (AvgIpc) is 3.00. The third-order valence-electron chi connectivity index (χ3n) is 5.23. The number of nitrogens with zero attached hydrogens (tertiary/aromatic N) is 1. The highest BCUT2D eigenvalue weighted by molar-refractivity contribution is 5.67. The van der Waals surface area contributed by atoms with Gasteiger partial charge in [0.1, 0.15) is 5.60 Å². The molecule has 268 valence electrons. The highest BCUT2D eigenvalue weighted by Crippen LogP contribution is 2.08. The van der Waals surface area contributed by atoms with Crippen LogP contribution in [-0.4, -0.2) is 176 Å². The molecule has 0 saturated heterocycles. The molecular weight excluding hydrogens is 594 g/mol. The van der Waals surface area contributed by atoms with Crippen molar-refractivity contribution in [2.24, 2.45) is 0 Å². The van der Waals surface area contributed by atoms with Gasteiger partial charge in [0.15, 0.2) is 0 Å². The summed E-state index contributed by atoms with van der Waals surface area (Å²) in [6, 6.07) is 0. The maximum absolute atomic E-state index is 11.8. The Morgan fingerprint density at radius 3 is 0.978 bits per heavy atom. The molecule has 45 heavy (non-hydrogen) atoms. The number of hydrogen-bond donors (Lipinski definition) is 0. The number of amides is 1. The predicted molar refractivity (Wildman–Crippen MR) is 168 cm³/mol. The number of ether oxygens (including phenoxy) is 12. The second kappa shape index (κ2) is 33.9. The molecule has 0 aliphatic rings. The van der Waals surface area contributed by atoms with Gasteiger partial charge in [0.05, 0.1) is 145 Å². The molecule has 0 spiro atoms. The number of likely N-dealkylation sites (N-methyl/N-ethyl adjacent to an activating group) is 1. The van der Waals surface area contributed by atoms with Crippen molar-refractivity contribution < 1.29 is 61.6 Å². The van der Waals surface area contributed by atoms with Gasteiger partial charge in [-0.15, -0.1) is 6.58 Å². The lowest BCUT2D eigenvalue weighted by Crippen LogP contribution is -2.36. The summed E-state index contributed by atoms with van der Waals surface area (Å²) in [6.45, 7) is 20.6. The SMILES string of the molecule is C=CCOCCOCCOCCOCCOCCOCCOCCOCCOCCOCCOCCN(C)C(=O)OC(C)(C)C. The van der Waals surface area contributed by atoms with Gasteiger partial charge in [-0.1, -0.05) is 6.08 Å². The van der Waals surface area contributed by atoms with Crippen LogP contribution in [0.1, 0.15) is 20.8 Å². The van der Waals surface area contributed by atoms with Crippen molar-refractivity contribution in [1.82, 2.24) is 4.90 Å². The van der Waals surface area contributed by atoms with Crippen LogP contribution in [0.4, 0.5) is 4.79 Å². The van der Waals surface area contributed by atoms with Crippen LogP contribution < -0.4 is 0 Å². The molecule has 1 amide bonds. The molecule has 0 N–H and O–H groups in total. The Labute approximate surface area is 270 Å². The van der Waals surface area contributed by atoms with Gasteiger partial charge in [-0.25, -0.2) is 4.79 Å². The van der Waals surface area contributed by atoms with E-state index >= 15 is 0 Å². The van der Waals surface area contributed by atoms with Crippen LogP contribution >= 0.6 is 0 Å². The van der Waals surface area contributed by atoms with Crippen molar-refractivity contribution in [3.63, 3.8) is 0 Å². The summed E-state index contributed by atoms with van der Waals surface area (Å²) in [6.07, 6.45) is 1.34. The van der Waals surface area contributed by atoms with Gasteiger partial charge < -0.3 is 61.7 Å². The topological polar surface area (TPSA) is 131 Å². The van der Waals surface area contributed by atoms with Crippen molar-refractivity contribution >= 4 is 6.09 Å². The van der Waals surface area contributed by atoms with Gasteiger partial charge in [0.25, 0.3) is 0 Å². The van der Waals surface area contributed by atoms with Crippen LogP contribution in [0.5, 0.6) is 0 Å². The number of rotatable bonds is 35. The minimum Gasteiger partial charge on any atom is -0.444 e. The molecule has 0 heterocycles. The molecule has 0 atom stereocenters. The fourth-order valence-electron chi connectivity index (χ4n) is 3.00. The van der Waals surface area contributed by atoms with Crippen molar-refractivity contribution in [2.75, 3.05) is 159 Å². The Morgan fingerprint density at radius 1 is 0.489 bits per heavy atom. The molecular formula is C31H61NO13. The zero-order valence-electron chi connectivity index (χ0n) is 28.3. The second-order valence-electron chi connectivity index (χ2n) is 10.4. The molecule has 0 aromatic carbocycles. The Hall–Kier alpha value is -1.43. The standard InChI is InChI=1S/C31H61NO13/c1-6-8-34-10-12-36-14-16-38-18-20-40-22-24-42-26-28-44-29-27-43-25-23-41-21-19-39-17-15-37-13-11-35-9-7-32(5)30(33)45-31(2,3)4/h6H,1,7-29H2,2-5H3. The zero-order chi connectivity index (χ0) is 33.1. The van der Waals surface area contributed by atoms with E-state index in [1.54, 1.807) is 13.1 Å². The van der Waals surface area contributed by atoms with Crippen molar-refractivity contribution in [3.05, 3.63) is 12.7 Å². The molecule has 0 fully saturated rings. The van der Waals surface area contributed by atoms with Gasteiger partial charge in [-0.3, -0.25) is 0 Å². The quantitative estimate of drug-likeness (QED) is 0.0731. The first kappa shape index (κ1) is 43.6. The van der Waals surface area contributed by atoms with E-state index in [2.05, 4.69) is 6.58 Å². The third-order valence-corrected chi connectivity index (χ3v) is 5.23. The molecule has 0 aliphatic carbocycles. The van der Waals surface area contributed by atoms with Crippen LogP contribution in [0.15, 0.2) is 12.7 Å². The molecule has 0 aliphatic heterocycles. The fourth-order valence-corrected chi connectivity index (χ4v) is 3.00. The summed E-state index contributed by atoms with van der Waals surface area (Å²) in [5.41, 5.74) is -0.509. The van der Waals surface area contributed by atoms with E-state index in [1.165, 1.54) is 4.90 Å². The Bertz CT molecular complexity index is 637. The molecule has 14 nitrogen and oxygen atoms in total. The van der Waals surface area contributed by atoms with Gasteiger partial charge in [0.2, 0.25) is 0 Å².